The first-order chi connectivity index (χ1) is 20.0. The fraction of sp³-hybridized carbons (Fsp3) is 0.375. The molecule has 42 heavy (non-hydrogen) atoms. The highest BCUT2D eigenvalue weighted by Crippen LogP contribution is 2.33. The molecule has 1 aliphatic heterocycles. The molecule has 1 fully saturated rings. The fourth-order valence-electron chi connectivity index (χ4n) is 4.61. The average Bonchev–Trinajstić information content (AvgIpc) is 2.97. The van der Waals surface area contributed by atoms with Crippen molar-refractivity contribution in [2.45, 2.75) is 57.7 Å². The van der Waals surface area contributed by atoms with E-state index in [2.05, 4.69) is 16.5 Å². The Labute approximate surface area is 247 Å². The predicted molar refractivity (Wildman–Crippen MR) is 163 cm³/mol. The van der Waals surface area contributed by atoms with Crippen LogP contribution < -0.4 is 4.31 Å². The summed E-state index contributed by atoms with van der Waals surface area (Å²) in [5, 5.41) is 0. The van der Waals surface area contributed by atoms with Crippen LogP contribution in [-0.4, -0.2) is 56.8 Å². The molecule has 0 aliphatic carbocycles. The van der Waals surface area contributed by atoms with Gasteiger partial charge in [-0.15, -0.1) is 6.58 Å². The number of aromatic nitrogens is 2. The molecule has 224 valence electrons. The van der Waals surface area contributed by atoms with Gasteiger partial charge in [0, 0.05) is 31.0 Å². The lowest BCUT2D eigenvalue weighted by atomic mass is 9.96. The maximum atomic E-state index is 13.8. The smallest absolute Gasteiger partial charge is 0.239 e. The van der Waals surface area contributed by atoms with E-state index in [1.165, 1.54) is 19.2 Å². The van der Waals surface area contributed by atoms with Crippen molar-refractivity contribution in [1.82, 2.24) is 9.97 Å². The van der Waals surface area contributed by atoms with Gasteiger partial charge in [0.15, 0.2) is 6.29 Å². The number of rotatable bonds is 12. The zero-order valence-corrected chi connectivity index (χ0v) is 25.3. The molecular formula is C32H38FN3O5S. The molecule has 4 rings (SSSR count). The Bertz CT molecular complexity index is 1480. The Hall–Kier alpha value is -3.44. The summed E-state index contributed by atoms with van der Waals surface area (Å²) >= 11 is 0. The fourth-order valence-corrected chi connectivity index (χ4v) is 4.98. The number of anilines is 1. The largest absolute Gasteiger partial charge is 0.373 e. The maximum Gasteiger partial charge on any atom is 0.239 e. The monoisotopic (exact) mass is 595 g/mol. The molecule has 0 radical (unpaired) electrons. The Morgan fingerprint density at radius 3 is 2.45 bits per heavy atom. The molecule has 0 N–H and O–H groups in total. The molecule has 3 aromatic rings. The molecule has 1 saturated heterocycles. The van der Waals surface area contributed by atoms with Gasteiger partial charge in [-0.3, -0.25) is 0 Å². The van der Waals surface area contributed by atoms with Crippen molar-refractivity contribution in [3.63, 3.8) is 0 Å². The van der Waals surface area contributed by atoms with Crippen LogP contribution in [0.25, 0.3) is 17.3 Å². The van der Waals surface area contributed by atoms with Gasteiger partial charge in [0.05, 0.1) is 43.1 Å². The molecule has 1 unspecified atom stereocenters. The van der Waals surface area contributed by atoms with Crippen molar-refractivity contribution >= 4 is 22.0 Å². The number of nitrogens with zero attached hydrogens (tertiary/aromatic N) is 3. The van der Waals surface area contributed by atoms with Crippen molar-refractivity contribution in [3.05, 3.63) is 96.0 Å². The third kappa shape index (κ3) is 8.32. The molecule has 10 heteroatoms. The van der Waals surface area contributed by atoms with Crippen LogP contribution in [0.15, 0.2) is 73.3 Å². The second-order valence-electron chi connectivity index (χ2n) is 10.5. The summed E-state index contributed by atoms with van der Waals surface area (Å²) in [6, 6.07) is 15.9. The van der Waals surface area contributed by atoms with Crippen LogP contribution in [0.2, 0.25) is 0 Å². The molecule has 0 amide bonds. The lowest BCUT2D eigenvalue weighted by Crippen LogP contribution is -2.37. The summed E-state index contributed by atoms with van der Waals surface area (Å²) < 4.78 is 57.9. The topological polar surface area (TPSA) is 90.9 Å². The van der Waals surface area contributed by atoms with Gasteiger partial charge in [-0.05, 0) is 35.7 Å². The summed E-state index contributed by atoms with van der Waals surface area (Å²) in [5.41, 5.74) is 3.55. The van der Waals surface area contributed by atoms with Gasteiger partial charge in [0.25, 0.3) is 0 Å². The van der Waals surface area contributed by atoms with Crippen LogP contribution in [0.4, 0.5) is 10.3 Å². The van der Waals surface area contributed by atoms with Gasteiger partial charge >= 0.3 is 0 Å². The number of benzene rings is 2. The predicted octanol–water partition coefficient (Wildman–Crippen LogP) is 6.11. The van der Waals surface area contributed by atoms with Crippen molar-refractivity contribution in [3.8, 4) is 11.3 Å². The van der Waals surface area contributed by atoms with Gasteiger partial charge in [-0.1, -0.05) is 62.4 Å². The molecule has 0 spiro atoms. The van der Waals surface area contributed by atoms with E-state index in [1.54, 1.807) is 18.2 Å². The first-order valence-electron chi connectivity index (χ1n) is 13.9. The van der Waals surface area contributed by atoms with E-state index in [4.69, 9.17) is 14.2 Å². The minimum Gasteiger partial charge on any atom is -0.373 e. The summed E-state index contributed by atoms with van der Waals surface area (Å²) in [4.78, 5) is 9.29. The van der Waals surface area contributed by atoms with E-state index >= 15 is 0 Å². The SMILES string of the molecule is C=CCOC1C[C@@H](OCc2ccccc2)C[C@H](/C=C/c2c(-c3ccc(F)cc3)nc(N(C)S(C)(=O)=O)nc2C(C)C)O1. The Kier molecular flexibility index (Phi) is 10.6. The van der Waals surface area contributed by atoms with Crippen molar-refractivity contribution < 1.29 is 27.0 Å². The van der Waals surface area contributed by atoms with Crippen LogP contribution >= 0.6 is 0 Å². The number of hydrogen-bond acceptors (Lipinski definition) is 7. The van der Waals surface area contributed by atoms with E-state index in [1.807, 2.05) is 56.3 Å². The van der Waals surface area contributed by atoms with E-state index in [0.29, 0.717) is 48.6 Å². The first-order valence-corrected chi connectivity index (χ1v) is 15.7. The molecule has 2 heterocycles. The Morgan fingerprint density at radius 2 is 1.81 bits per heavy atom. The zero-order chi connectivity index (χ0) is 30.3. The molecule has 2 aromatic carbocycles. The number of hydrogen-bond donors (Lipinski definition) is 0. The van der Waals surface area contributed by atoms with Crippen molar-refractivity contribution in [2.24, 2.45) is 0 Å². The minimum atomic E-state index is -3.62. The second-order valence-corrected chi connectivity index (χ2v) is 12.6. The van der Waals surface area contributed by atoms with E-state index in [9.17, 15) is 12.8 Å². The lowest BCUT2D eigenvalue weighted by Gasteiger charge is -2.34. The molecular weight excluding hydrogens is 557 g/mol. The van der Waals surface area contributed by atoms with Gasteiger partial charge in [0.2, 0.25) is 16.0 Å². The van der Waals surface area contributed by atoms with E-state index < -0.39 is 16.3 Å². The number of halogens is 1. The third-order valence-electron chi connectivity index (χ3n) is 6.89. The van der Waals surface area contributed by atoms with Crippen LogP contribution in [0.3, 0.4) is 0 Å². The molecule has 1 aromatic heterocycles. The van der Waals surface area contributed by atoms with Gasteiger partial charge in [0.1, 0.15) is 5.82 Å². The Morgan fingerprint density at radius 1 is 1.10 bits per heavy atom. The van der Waals surface area contributed by atoms with Crippen molar-refractivity contribution in [1.29, 1.82) is 0 Å². The summed E-state index contributed by atoms with van der Waals surface area (Å²) in [5.74, 6) is -0.416. The minimum absolute atomic E-state index is 0.0406. The van der Waals surface area contributed by atoms with Gasteiger partial charge < -0.3 is 14.2 Å². The highest BCUT2D eigenvalue weighted by Gasteiger charge is 2.30. The summed E-state index contributed by atoms with van der Waals surface area (Å²) in [6.07, 6.45) is 6.87. The summed E-state index contributed by atoms with van der Waals surface area (Å²) in [7, 11) is -2.21. The number of ether oxygens (including phenoxy) is 3. The highest BCUT2D eigenvalue weighted by molar-refractivity contribution is 7.92. The molecule has 0 saturated carbocycles. The molecule has 8 nitrogen and oxygen atoms in total. The molecule has 3 atom stereocenters. The van der Waals surface area contributed by atoms with Crippen LogP contribution in [-0.2, 0) is 30.8 Å². The van der Waals surface area contributed by atoms with Crippen LogP contribution in [0, 0.1) is 5.82 Å². The number of sulfonamides is 1. The lowest BCUT2D eigenvalue weighted by molar-refractivity contribution is -0.207. The van der Waals surface area contributed by atoms with Crippen LogP contribution in [0.5, 0.6) is 0 Å². The Balaban J connectivity index is 1.69. The average molecular weight is 596 g/mol. The zero-order valence-electron chi connectivity index (χ0n) is 24.4. The maximum absolute atomic E-state index is 13.8. The third-order valence-corrected chi connectivity index (χ3v) is 8.05. The molecule has 1 aliphatic rings. The standard InChI is InChI=1S/C32H38FN3O5S/c1-6-18-39-29-20-27(40-21-23-10-8-7-9-11-23)19-26(41-29)16-17-28-30(22(2)3)34-32(36(4)42(5,37)38)35-31(28)24-12-14-25(33)15-13-24/h6-17,22,26-27,29H,1,18-21H2,2-5H3/b17-16+/t26-,27-,29?/m0/s1. The first kappa shape index (κ1) is 31.5. The normalized spacial score (nSPS) is 19.3. The van der Waals surface area contributed by atoms with E-state index in [-0.39, 0.29) is 29.9 Å². The van der Waals surface area contributed by atoms with Gasteiger partial charge in [-0.25, -0.2) is 27.1 Å². The van der Waals surface area contributed by atoms with Gasteiger partial charge in [-0.2, -0.15) is 0 Å². The highest BCUT2D eigenvalue weighted by atomic mass is 32.2. The van der Waals surface area contributed by atoms with Crippen LogP contribution in [0.1, 0.15) is 49.4 Å². The van der Waals surface area contributed by atoms with E-state index in [0.717, 1.165) is 16.1 Å². The quantitative estimate of drug-likeness (QED) is 0.234. The van der Waals surface area contributed by atoms with Crippen molar-refractivity contribution in [2.75, 3.05) is 24.2 Å². The second kappa shape index (κ2) is 14.2. The summed E-state index contributed by atoms with van der Waals surface area (Å²) in [6.45, 7) is 8.51. The molecule has 0 bridgehead atoms.